The van der Waals surface area contributed by atoms with E-state index in [9.17, 15) is 18.0 Å². The van der Waals surface area contributed by atoms with Crippen LogP contribution < -0.4 is 14.4 Å². The third-order valence-electron chi connectivity index (χ3n) is 6.46. The highest BCUT2D eigenvalue weighted by Gasteiger charge is 2.32. The molecule has 40 heavy (non-hydrogen) atoms. The van der Waals surface area contributed by atoms with Crippen LogP contribution in [0.2, 0.25) is 5.02 Å². The lowest BCUT2D eigenvalue weighted by Crippen LogP contribution is -2.52. The van der Waals surface area contributed by atoms with E-state index in [-0.39, 0.29) is 23.4 Å². The van der Waals surface area contributed by atoms with Crippen LogP contribution in [0.1, 0.15) is 39.7 Å². The Morgan fingerprint density at radius 3 is 2.23 bits per heavy atom. The van der Waals surface area contributed by atoms with Gasteiger partial charge < -0.3 is 15.0 Å². The van der Waals surface area contributed by atoms with Gasteiger partial charge in [-0.15, -0.1) is 0 Å². The van der Waals surface area contributed by atoms with E-state index < -0.39 is 28.5 Å². The molecule has 0 bridgehead atoms. The predicted octanol–water partition coefficient (Wildman–Crippen LogP) is 5.27. The number of rotatable bonds is 13. The topological polar surface area (TPSA) is 96.0 Å². The molecule has 0 heterocycles. The third-order valence-corrected chi connectivity index (χ3v) is 8.48. The van der Waals surface area contributed by atoms with Crippen LogP contribution in [0.15, 0.2) is 83.8 Å². The van der Waals surface area contributed by atoms with Crippen molar-refractivity contribution < 1.29 is 22.7 Å². The van der Waals surface area contributed by atoms with Crippen molar-refractivity contribution in [1.29, 1.82) is 0 Å². The van der Waals surface area contributed by atoms with E-state index in [4.69, 9.17) is 16.3 Å². The molecule has 3 aromatic rings. The van der Waals surface area contributed by atoms with Crippen LogP contribution in [0.5, 0.6) is 5.75 Å². The van der Waals surface area contributed by atoms with E-state index in [0.717, 1.165) is 10.7 Å². The molecular weight excluding hydrogens is 550 g/mol. The standard InChI is InChI=1S/C30H36ClN3O5S/c1-5-22(3)32-30(36)23(4)33(20-24-11-10-12-25(31)19-24)29(35)21-34(26-13-8-7-9-14-26)40(37,38)28-17-15-27(16-18-28)39-6-2/h7-19,22-23H,5-6,20-21H2,1-4H3,(H,32,36)/t22-,23+/m1/s1. The molecule has 0 fully saturated rings. The molecule has 0 aliphatic heterocycles. The van der Waals surface area contributed by atoms with Crippen molar-refractivity contribution in [2.75, 3.05) is 17.5 Å². The van der Waals surface area contributed by atoms with Crippen molar-refractivity contribution in [3.05, 3.63) is 89.4 Å². The van der Waals surface area contributed by atoms with E-state index >= 15 is 0 Å². The monoisotopic (exact) mass is 585 g/mol. The second-order valence-electron chi connectivity index (χ2n) is 9.40. The third kappa shape index (κ3) is 7.99. The lowest BCUT2D eigenvalue weighted by molar-refractivity contribution is -0.139. The average Bonchev–Trinajstić information content (AvgIpc) is 2.95. The Balaban J connectivity index is 1.99. The Hall–Kier alpha value is -3.56. The second-order valence-corrected chi connectivity index (χ2v) is 11.7. The van der Waals surface area contributed by atoms with Crippen LogP contribution in [0.4, 0.5) is 5.69 Å². The number of para-hydroxylation sites is 1. The molecule has 2 amide bonds. The highest BCUT2D eigenvalue weighted by molar-refractivity contribution is 7.92. The Bertz CT molecular complexity index is 1380. The number of hydrogen-bond donors (Lipinski definition) is 1. The van der Waals surface area contributed by atoms with E-state index in [1.54, 1.807) is 73.7 Å². The first-order valence-electron chi connectivity index (χ1n) is 13.2. The predicted molar refractivity (Wildman–Crippen MR) is 158 cm³/mol. The molecule has 0 radical (unpaired) electrons. The van der Waals surface area contributed by atoms with E-state index in [0.29, 0.717) is 28.6 Å². The van der Waals surface area contributed by atoms with Gasteiger partial charge in [0.05, 0.1) is 17.2 Å². The average molecular weight is 586 g/mol. The zero-order valence-corrected chi connectivity index (χ0v) is 24.8. The number of halogens is 1. The molecule has 0 saturated heterocycles. The Morgan fingerprint density at radius 2 is 1.62 bits per heavy atom. The molecule has 0 saturated carbocycles. The molecule has 0 aliphatic rings. The minimum absolute atomic E-state index is 0.0107. The van der Waals surface area contributed by atoms with Crippen LogP contribution in [0.25, 0.3) is 0 Å². The summed E-state index contributed by atoms with van der Waals surface area (Å²) in [5.41, 5.74) is 1.04. The lowest BCUT2D eigenvalue weighted by Gasteiger charge is -2.32. The Morgan fingerprint density at radius 1 is 0.950 bits per heavy atom. The summed E-state index contributed by atoms with van der Waals surface area (Å²) >= 11 is 6.18. The molecule has 0 unspecified atom stereocenters. The maximum absolute atomic E-state index is 13.9. The molecule has 3 rings (SSSR count). The highest BCUT2D eigenvalue weighted by Crippen LogP contribution is 2.26. The van der Waals surface area contributed by atoms with Gasteiger partial charge in [-0.1, -0.05) is 48.9 Å². The first kappa shape index (κ1) is 31.0. The van der Waals surface area contributed by atoms with Gasteiger partial charge >= 0.3 is 0 Å². The van der Waals surface area contributed by atoms with Gasteiger partial charge in [-0.05, 0) is 81.3 Å². The summed E-state index contributed by atoms with van der Waals surface area (Å²) in [6.45, 7) is 7.31. The summed E-state index contributed by atoms with van der Waals surface area (Å²) in [6.07, 6.45) is 0.725. The number of ether oxygens (including phenoxy) is 1. The van der Waals surface area contributed by atoms with Crippen LogP contribution >= 0.6 is 11.6 Å². The number of nitrogens with zero attached hydrogens (tertiary/aromatic N) is 2. The lowest BCUT2D eigenvalue weighted by atomic mass is 10.1. The first-order chi connectivity index (χ1) is 19.1. The minimum atomic E-state index is -4.15. The quantitative estimate of drug-likeness (QED) is 0.295. The van der Waals surface area contributed by atoms with E-state index in [1.165, 1.54) is 17.0 Å². The van der Waals surface area contributed by atoms with Crippen molar-refractivity contribution in [3.63, 3.8) is 0 Å². The van der Waals surface area contributed by atoms with Crippen molar-refractivity contribution >= 4 is 39.1 Å². The van der Waals surface area contributed by atoms with Crippen molar-refractivity contribution in [2.24, 2.45) is 0 Å². The zero-order chi connectivity index (χ0) is 29.3. The number of nitrogens with one attached hydrogen (secondary N) is 1. The maximum atomic E-state index is 13.9. The molecule has 0 spiro atoms. The number of sulfonamides is 1. The molecule has 2 atom stereocenters. The number of hydrogen-bond acceptors (Lipinski definition) is 5. The summed E-state index contributed by atoms with van der Waals surface area (Å²) in [6, 6.07) is 20.5. The normalized spacial score (nSPS) is 12.7. The number of anilines is 1. The van der Waals surface area contributed by atoms with Gasteiger partial charge in [-0.25, -0.2) is 8.42 Å². The number of carbonyl (C=O) groups is 2. The van der Waals surface area contributed by atoms with Gasteiger partial charge in [0.2, 0.25) is 11.8 Å². The van der Waals surface area contributed by atoms with Crippen LogP contribution in [-0.2, 0) is 26.2 Å². The number of carbonyl (C=O) groups excluding carboxylic acids is 2. The molecule has 0 aromatic heterocycles. The van der Waals surface area contributed by atoms with Gasteiger partial charge in [0.25, 0.3) is 10.0 Å². The first-order valence-corrected chi connectivity index (χ1v) is 15.0. The van der Waals surface area contributed by atoms with E-state index in [1.807, 2.05) is 20.8 Å². The largest absolute Gasteiger partial charge is 0.494 e. The zero-order valence-electron chi connectivity index (χ0n) is 23.2. The van der Waals surface area contributed by atoms with Gasteiger partial charge in [-0.3, -0.25) is 13.9 Å². The van der Waals surface area contributed by atoms with Crippen molar-refractivity contribution in [1.82, 2.24) is 10.2 Å². The van der Waals surface area contributed by atoms with Crippen LogP contribution in [0, 0.1) is 0 Å². The fourth-order valence-electron chi connectivity index (χ4n) is 4.00. The van der Waals surface area contributed by atoms with Crippen molar-refractivity contribution in [3.8, 4) is 5.75 Å². The molecule has 3 aromatic carbocycles. The molecule has 8 nitrogen and oxygen atoms in total. The molecule has 0 aliphatic carbocycles. The van der Waals surface area contributed by atoms with Gasteiger partial charge in [0.1, 0.15) is 18.3 Å². The molecule has 1 N–H and O–H groups in total. The van der Waals surface area contributed by atoms with Crippen LogP contribution in [-0.4, -0.2) is 50.4 Å². The number of amides is 2. The van der Waals surface area contributed by atoms with Crippen LogP contribution in [0.3, 0.4) is 0 Å². The summed E-state index contributed by atoms with van der Waals surface area (Å²) in [7, 11) is -4.15. The summed E-state index contributed by atoms with van der Waals surface area (Å²) in [5.74, 6) is -0.326. The summed E-state index contributed by atoms with van der Waals surface area (Å²) in [5, 5.41) is 3.41. The van der Waals surface area contributed by atoms with Gasteiger partial charge in [0, 0.05) is 17.6 Å². The van der Waals surface area contributed by atoms with Crippen molar-refractivity contribution in [2.45, 2.75) is 57.6 Å². The van der Waals surface area contributed by atoms with Gasteiger partial charge in [-0.2, -0.15) is 0 Å². The SMILES string of the molecule is CCOc1ccc(S(=O)(=O)N(CC(=O)N(Cc2cccc(Cl)c2)[C@@H](C)C(=O)N[C@H](C)CC)c2ccccc2)cc1. The summed E-state index contributed by atoms with van der Waals surface area (Å²) in [4.78, 5) is 28.4. The molecule has 214 valence electrons. The van der Waals surface area contributed by atoms with Gasteiger partial charge in [0.15, 0.2) is 0 Å². The smallest absolute Gasteiger partial charge is 0.264 e. The molecular formula is C30H36ClN3O5S. The highest BCUT2D eigenvalue weighted by atomic mass is 35.5. The summed E-state index contributed by atoms with van der Waals surface area (Å²) < 4.78 is 34.2. The molecule has 10 heteroatoms. The van der Waals surface area contributed by atoms with E-state index in [2.05, 4.69) is 5.32 Å². The minimum Gasteiger partial charge on any atom is -0.494 e. The Kier molecular flexibility index (Phi) is 11.0. The second kappa shape index (κ2) is 14.2. The maximum Gasteiger partial charge on any atom is 0.264 e. The Labute approximate surface area is 241 Å². The fraction of sp³-hybridized carbons (Fsp3) is 0.333. The fourth-order valence-corrected chi connectivity index (χ4v) is 5.63. The number of benzene rings is 3.